The van der Waals surface area contributed by atoms with Gasteiger partial charge in [-0.15, -0.1) is 0 Å². The number of hydrogen-bond acceptors (Lipinski definition) is 5. The van der Waals surface area contributed by atoms with Crippen molar-refractivity contribution in [3.8, 4) is 0 Å². The molecule has 2 amide bonds. The maximum absolute atomic E-state index is 12.4. The quantitative estimate of drug-likeness (QED) is 0.483. The number of hydrogen-bond donors (Lipinski definition) is 4. The summed E-state index contributed by atoms with van der Waals surface area (Å²) in [6.45, 7) is 2.68. The van der Waals surface area contributed by atoms with Crippen molar-refractivity contribution in [1.29, 1.82) is 0 Å². The van der Waals surface area contributed by atoms with Gasteiger partial charge in [0.2, 0.25) is 21.8 Å². The van der Waals surface area contributed by atoms with Crippen LogP contribution in [-0.2, 0) is 24.4 Å². The molecule has 2 rings (SSSR count). The molecule has 4 N–H and O–H groups in total. The van der Waals surface area contributed by atoms with Gasteiger partial charge in [-0.05, 0) is 43.5 Å². The number of amides is 2. The zero-order chi connectivity index (χ0) is 20.2. The molecule has 2 unspecified atom stereocenters. The predicted octanol–water partition coefficient (Wildman–Crippen LogP) is 0.681. The second-order valence-corrected chi connectivity index (χ2v) is 8.34. The van der Waals surface area contributed by atoms with E-state index in [0.717, 1.165) is 12.8 Å². The van der Waals surface area contributed by atoms with Gasteiger partial charge in [0.15, 0.2) is 0 Å². The van der Waals surface area contributed by atoms with Crippen LogP contribution < -0.4 is 15.4 Å². The Hall–Kier alpha value is -2.46. The second-order valence-electron chi connectivity index (χ2n) is 6.63. The molecule has 1 saturated carbocycles. The molecule has 1 aromatic rings. The number of rotatable bonds is 9. The van der Waals surface area contributed by atoms with Gasteiger partial charge in [0, 0.05) is 12.6 Å². The van der Waals surface area contributed by atoms with E-state index >= 15 is 0 Å². The van der Waals surface area contributed by atoms with E-state index in [1.165, 1.54) is 38.1 Å². The first-order valence-corrected chi connectivity index (χ1v) is 10.00. The molecule has 9 nitrogen and oxygen atoms in total. The van der Waals surface area contributed by atoms with E-state index in [4.69, 9.17) is 0 Å². The van der Waals surface area contributed by atoms with E-state index in [2.05, 4.69) is 15.4 Å². The van der Waals surface area contributed by atoms with E-state index in [0.29, 0.717) is 18.0 Å². The number of nitrogens with one attached hydrogen (secondary N) is 3. The summed E-state index contributed by atoms with van der Waals surface area (Å²) in [5.41, 5.74) is 0.441. The Morgan fingerprint density at radius 1 is 1.19 bits per heavy atom. The number of benzene rings is 1. The number of carbonyl (C=O) groups is 3. The van der Waals surface area contributed by atoms with Crippen LogP contribution in [0.5, 0.6) is 0 Å². The molecule has 0 saturated heterocycles. The molecule has 1 aliphatic carbocycles. The van der Waals surface area contributed by atoms with Gasteiger partial charge < -0.3 is 15.7 Å². The Morgan fingerprint density at radius 2 is 1.78 bits per heavy atom. The van der Waals surface area contributed by atoms with Gasteiger partial charge in [-0.2, -0.15) is 4.72 Å². The van der Waals surface area contributed by atoms with E-state index in [1.807, 2.05) is 0 Å². The van der Waals surface area contributed by atoms with Crippen LogP contribution in [0.1, 0.15) is 33.1 Å². The molecule has 0 aliphatic heterocycles. The zero-order valence-corrected chi connectivity index (χ0v) is 15.9. The standard InChI is InChI=1S/C17H23N3O6S/c1-10(16(22)19-15(17(23)24)9-12-3-4-12)20-27(25,26)14-7-5-13(6-8-14)18-11(2)21/h5-8,10,12,15,20H,3-4,9H2,1-2H3,(H,18,21)(H,19,22)(H,23,24). The summed E-state index contributed by atoms with van der Waals surface area (Å²) in [5, 5.41) is 14.1. The minimum atomic E-state index is -3.99. The highest BCUT2D eigenvalue weighted by molar-refractivity contribution is 7.89. The molecule has 10 heteroatoms. The molecule has 0 heterocycles. The minimum absolute atomic E-state index is 0.0796. The lowest BCUT2D eigenvalue weighted by atomic mass is 10.1. The largest absolute Gasteiger partial charge is 0.480 e. The summed E-state index contributed by atoms with van der Waals surface area (Å²) in [4.78, 5) is 34.4. The molecule has 0 aromatic heterocycles. The van der Waals surface area contributed by atoms with Crippen LogP contribution in [0.3, 0.4) is 0 Å². The average molecular weight is 397 g/mol. The maximum atomic E-state index is 12.4. The van der Waals surface area contributed by atoms with Crippen LogP contribution in [0, 0.1) is 5.92 Å². The summed E-state index contributed by atoms with van der Waals surface area (Å²) in [6, 6.07) is 3.27. The van der Waals surface area contributed by atoms with E-state index in [1.54, 1.807) is 0 Å². The lowest BCUT2D eigenvalue weighted by Crippen LogP contribution is -2.50. The lowest BCUT2D eigenvalue weighted by molar-refractivity contribution is -0.142. The van der Waals surface area contributed by atoms with E-state index in [9.17, 15) is 27.9 Å². The highest BCUT2D eigenvalue weighted by Crippen LogP contribution is 2.33. The van der Waals surface area contributed by atoms with Gasteiger partial charge in [0.25, 0.3) is 0 Å². The normalized spacial score (nSPS) is 16.2. The topological polar surface area (TPSA) is 142 Å². The fourth-order valence-electron chi connectivity index (χ4n) is 2.48. The Labute approximate surface area is 157 Å². The van der Waals surface area contributed by atoms with Crippen LogP contribution >= 0.6 is 0 Å². The Kier molecular flexibility index (Phi) is 6.55. The van der Waals surface area contributed by atoms with Crippen molar-refractivity contribution in [2.75, 3.05) is 5.32 Å². The number of sulfonamides is 1. The van der Waals surface area contributed by atoms with Crippen molar-refractivity contribution in [2.24, 2.45) is 5.92 Å². The Bertz CT molecular complexity index is 818. The number of anilines is 1. The van der Waals surface area contributed by atoms with Crippen molar-refractivity contribution in [3.63, 3.8) is 0 Å². The molecule has 0 spiro atoms. The van der Waals surface area contributed by atoms with E-state index < -0.39 is 34.0 Å². The van der Waals surface area contributed by atoms with Gasteiger partial charge in [-0.1, -0.05) is 12.8 Å². The third kappa shape index (κ3) is 6.33. The van der Waals surface area contributed by atoms with Crippen LogP contribution in [0.25, 0.3) is 0 Å². The summed E-state index contributed by atoms with van der Waals surface area (Å²) >= 11 is 0. The molecule has 27 heavy (non-hydrogen) atoms. The third-order valence-electron chi connectivity index (χ3n) is 4.09. The molecule has 0 radical (unpaired) electrons. The fraction of sp³-hybridized carbons (Fsp3) is 0.471. The first-order chi connectivity index (χ1) is 12.6. The van der Waals surface area contributed by atoms with Gasteiger partial charge >= 0.3 is 5.97 Å². The van der Waals surface area contributed by atoms with E-state index in [-0.39, 0.29) is 10.8 Å². The SMILES string of the molecule is CC(=O)Nc1ccc(S(=O)(=O)NC(C)C(=O)NC(CC2CC2)C(=O)O)cc1. The summed E-state index contributed by atoms with van der Waals surface area (Å²) in [7, 11) is -3.99. The Morgan fingerprint density at radius 3 is 2.26 bits per heavy atom. The van der Waals surface area contributed by atoms with Crippen molar-refractivity contribution >= 4 is 33.5 Å². The van der Waals surface area contributed by atoms with Crippen LogP contribution in [0.2, 0.25) is 0 Å². The molecule has 1 fully saturated rings. The number of carbonyl (C=O) groups excluding carboxylic acids is 2. The zero-order valence-electron chi connectivity index (χ0n) is 15.1. The summed E-state index contributed by atoms with van der Waals surface area (Å²) in [6.07, 6.45) is 2.22. The molecule has 148 valence electrons. The molecular weight excluding hydrogens is 374 g/mol. The molecule has 0 bridgehead atoms. The van der Waals surface area contributed by atoms with Crippen LogP contribution in [-0.4, -0.2) is 43.4 Å². The highest BCUT2D eigenvalue weighted by Gasteiger charge is 2.32. The number of carboxylic acids is 1. The fourth-order valence-corrected chi connectivity index (χ4v) is 3.68. The van der Waals surface area contributed by atoms with Crippen molar-refractivity contribution in [2.45, 2.75) is 50.1 Å². The second kappa shape index (κ2) is 8.49. The van der Waals surface area contributed by atoms with Crippen LogP contribution in [0.15, 0.2) is 29.2 Å². The molecule has 1 aliphatic rings. The van der Waals surface area contributed by atoms with Crippen molar-refractivity contribution in [3.05, 3.63) is 24.3 Å². The average Bonchev–Trinajstić information content (AvgIpc) is 3.37. The van der Waals surface area contributed by atoms with Crippen LogP contribution in [0.4, 0.5) is 5.69 Å². The summed E-state index contributed by atoms with van der Waals surface area (Å²) in [5.74, 6) is -1.84. The number of aliphatic carboxylic acids is 1. The maximum Gasteiger partial charge on any atom is 0.326 e. The minimum Gasteiger partial charge on any atom is -0.480 e. The van der Waals surface area contributed by atoms with Crippen molar-refractivity contribution < 1.29 is 27.9 Å². The molecule has 1 aromatic carbocycles. The highest BCUT2D eigenvalue weighted by atomic mass is 32.2. The molecular formula is C17H23N3O6S. The smallest absolute Gasteiger partial charge is 0.326 e. The van der Waals surface area contributed by atoms with Gasteiger partial charge in [-0.25, -0.2) is 13.2 Å². The lowest BCUT2D eigenvalue weighted by Gasteiger charge is -2.18. The number of carboxylic acid groups (broad SMARTS) is 1. The van der Waals surface area contributed by atoms with Crippen molar-refractivity contribution in [1.82, 2.24) is 10.0 Å². The Balaban J connectivity index is 1.99. The summed E-state index contributed by atoms with van der Waals surface area (Å²) < 4.78 is 27.0. The van der Waals surface area contributed by atoms with Gasteiger partial charge in [0.1, 0.15) is 6.04 Å². The predicted molar refractivity (Wildman–Crippen MR) is 97.4 cm³/mol. The van der Waals surface area contributed by atoms with Gasteiger partial charge in [-0.3, -0.25) is 9.59 Å². The van der Waals surface area contributed by atoms with Gasteiger partial charge in [0.05, 0.1) is 10.9 Å². The third-order valence-corrected chi connectivity index (χ3v) is 5.65. The first-order valence-electron chi connectivity index (χ1n) is 8.51. The first kappa shape index (κ1) is 20.8. The monoisotopic (exact) mass is 397 g/mol. The molecule has 2 atom stereocenters.